The Kier molecular flexibility index (Phi) is 4.10. The molecule has 0 saturated carbocycles. The zero-order chi connectivity index (χ0) is 14.5. The van der Waals surface area contributed by atoms with Gasteiger partial charge in [-0.1, -0.05) is 6.07 Å². The lowest BCUT2D eigenvalue weighted by molar-refractivity contribution is 0.100. The first kappa shape index (κ1) is 13.7. The van der Waals surface area contributed by atoms with Crippen molar-refractivity contribution in [3.63, 3.8) is 0 Å². The van der Waals surface area contributed by atoms with E-state index < -0.39 is 5.91 Å². The standard InChI is InChI=1S/C15H16N2O3/c1-2-19-11-4-3-5-12(9-11)20-14-7-6-10(15(17)18)8-13(14)16/h3-9H,2,16H2,1H3,(H2,17,18). The van der Waals surface area contributed by atoms with Crippen molar-refractivity contribution in [1.29, 1.82) is 0 Å². The fraction of sp³-hybridized carbons (Fsp3) is 0.133. The van der Waals surface area contributed by atoms with E-state index >= 15 is 0 Å². The molecule has 0 saturated heterocycles. The molecular formula is C15H16N2O3. The Hall–Kier alpha value is -2.69. The van der Waals surface area contributed by atoms with Gasteiger partial charge in [-0.25, -0.2) is 0 Å². The van der Waals surface area contributed by atoms with E-state index in [0.717, 1.165) is 5.75 Å². The number of nitrogen functional groups attached to an aromatic ring is 1. The third kappa shape index (κ3) is 3.20. The van der Waals surface area contributed by atoms with E-state index in [-0.39, 0.29) is 0 Å². The van der Waals surface area contributed by atoms with Crippen molar-refractivity contribution in [3.8, 4) is 17.2 Å². The normalized spacial score (nSPS) is 10.1. The summed E-state index contributed by atoms with van der Waals surface area (Å²) in [5.41, 5.74) is 11.7. The molecule has 0 aliphatic carbocycles. The minimum atomic E-state index is -0.526. The highest BCUT2D eigenvalue weighted by Gasteiger charge is 2.07. The molecule has 0 heterocycles. The van der Waals surface area contributed by atoms with Crippen LogP contribution in [0.4, 0.5) is 5.69 Å². The molecule has 0 spiro atoms. The van der Waals surface area contributed by atoms with E-state index in [1.54, 1.807) is 24.3 Å². The molecule has 0 unspecified atom stereocenters. The number of anilines is 1. The van der Waals surface area contributed by atoms with Gasteiger partial charge in [0, 0.05) is 11.6 Å². The van der Waals surface area contributed by atoms with Crippen LogP contribution in [0.1, 0.15) is 17.3 Å². The predicted octanol–water partition coefficient (Wildman–Crippen LogP) is 2.56. The number of carbonyl (C=O) groups excluding carboxylic acids is 1. The van der Waals surface area contributed by atoms with E-state index in [1.165, 1.54) is 6.07 Å². The van der Waals surface area contributed by atoms with Crippen LogP contribution in [0.2, 0.25) is 0 Å². The number of nitrogens with two attached hydrogens (primary N) is 2. The number of carbonyl (C=O) groups is 1. The van der Waals surface area contributed by atoms with Gasteiger partial charge < -0.3 is 20.9 Å². The highest BCUT2D eigenvalue weighted by Crippen LogP contribution is 2.30. The summed E-state index contributed by atoms with van der Waals surface area (Å²) >= 11 is 0. The van der Waals surface area contributed by atoms with Crippen LogP contribution in [0, 0.1) is 0 Å². The Morgan fingerprint density at radius 3 is 2.55 bits per heavy atom. The average Bonchev–Trinajstić information content (AvgIpc) is 2.42. The molecule has 5 heteroatoms. The summed E-state index contributed by atoms with van der Waals surface area (Å²) in [5, 5.41) is 0. The van der Waals surface area contributed by atoms with Crippen molar-refractivity contribution < 1.29 is 14.3 Å². The summed E-state index contributed by atoms with van der Waals surface area (Å²) in [7, 11) is 0. The molecule has 2 aromatic rings. The summed E-state index contributed by atoms with van der Waals surface area (Å²) in [4.78, 5) is 11.0. The largest absolute Gasteiger partial charge is 0.494 e. The van der Waals surface area contributed by atoms with E-state index in [4.69, 9.17) is 20.9 Å². The second-order valence-electron chi connectivity index (χ2n) is 4.13. The Morgan fingerprint density at radius 1 is 1.15 bits per heavy atom. The van der Waals surface area contributed by atoms with Crippen molar-refractivity contribution >= 4 is 11.6 Å². The van der Waals surface area contributed by atoms with Gasteiger partial charge >= 0.3 is 0 Å². The van der Waals surface area contributed by atoms with Gasteiger partial charge in [-0.05, 0) is 37.3 Å². The average molecular weight is 272 g/mol. The van der Waals surface area contributed by atoms with Crippen LogP contribution in [0.3, 0.4) is 0 Å². The maximum absolute atomic E-state index is 11.0. The van der Waals surface area contributed by atoms with Gasteiger partial charge in [0.25, 0.3) is 0 Å². The number of rotatable bonds is 5. The molecule has 0 fully saturated rings. The van der Waals surface area contributed by atoms with Crippen LogP contribution in [-0.2, 0) is 0 Å². The third-order valence-corrected chi connectivity index (χ3v) is 2.64. The van der Waals surface area contributed by atoms with E-state index in [1.807, 2.05) is 19.1 Å². The molecule has 4 N–H and O–H groups in total. The van der Waals surface area contributed by atoms with Gasteiger partial charge in [0.2, 0.25) is 5.91 Å². The number of primary amides is 1. The zero-order valence-corrected chi connectivity index (χ0v) is 11.1. The van der Waals surface area contributed by atoms with Crippen LogP contribution < -0.4 is 20.9 Å². The van der Waals surface area contributed by atoms with Crippen LogP contribution in [0.5, 0.6) is 17.2 Å². The number of ether oxygens (including phenoxy) is 2. The lowest BCUT2D eigenvalue weighted by Gasteiger charge is -2.10. The lowest BCUT2D eigenvalue weighted by Crippen LogP contribution is -2.11. The van der Waals surface area contributed by atoms with E-state index in [9.17, 15) is 4.79 Å². The Labute approximate surface area is 117 Å². The van der Waals surface area contributed by atoms with Crippen LogP contribution in [0.15, 0.2) is 42.5 Å². The maximum atomic E-state index is 11.0. The smallest absolute Gasteiger partial charge is 0.248 e. The van der Waals surface area contributed by atoms with Crippen LogP contribution in [0.25, 0.3) is 0 Å². The lowest BCUT2D eigenvalue weighted by atomic mass is 10.2. The third-order valence-electron chi connectivity index (χ3n) is 2.64. The Bertz CT molecular complexity index is 626. The van der Waals surface area contributed by atoms with Gasteiger partial charge in [0.1, 0.15) is 17.2 Å². The summed E-state index contributed by atoms with van der Waals surface area (Å²) in [5.74, 6) is 1.26. The predicted molar refractivity (Wildman–Crippen MR) is 77.1 cm³/mol. The number of hydrogen-bond donors (Lipinski definition) is 2. The van der Waals surface area contributed by atoms with Gasteiger partial charge in [0.15, 0.2) is 0 Å². The highest BCUT2D eigenvalue weighted by atomic mass is 16.5. The second-order valence-corrected chi connectivity index (χ2v) is 4.13. The summed E-state index contributed by atoms with van der Waals surface area (Å²) in [6.45, 7) is 2.49. The molecule has 0 aliphatic rings. The van der Waals surface area contributed by atoms with Gasteiger partial charge in [-0.3, -0.25) is 4.79 Å². The molecule has 0 atom stereocenters. The van der Waals surface area contributed by atoms with Gasteiger partial charge in [-0.2, -0.15) is 0 Å². The van der Waals surface area contributed by atoms with E-state index in [2.05, 4.69) is 0 Å². The van der Waals surface area contributed by atoms with E-state index in [0.29, 0.717) is 29.4 Å². The van der Waals surface area contributed by atoms with Gasteiger partial charge in [0.05, 0.1) is 12.3 Å². The first-order chi connectivity index (χ1) is 9.60. The van der Waals surface area contributed by atoms with Gasteiger partial charge in [-0.15, -0.1) is 0 Å². The van der Waals surface area contributed by atoms with Crippen molar-refractivity contribution in [3.05, 3.63) is 48.0 Å². The Morgan fingerprint density at radius 2 is 1.90 bits per heavy atom. The molecule has 2 aromatic carbocycles. The molecule has 0 radical (unpaired) electrons. The molecule has 0 aromatic heterocycles. The molecule has 104 valence electrons. The molecular weight excluding hydrogens is 256 g/mol. The monoisotopic (exact) mass is 272 g/mol. The SMILES string of the molecule is CCOc1cccc(Oc2ccc(C(N)=O)cc2N)c1. The number of amides is 1. The maximum Gasteiger partial charge on any atom is 0.248 e. The highest BCUT2D eigenvalue weighted by molar-refractivity contribution is 5.94. The quantitative estimate of drug-likeness (QED) is 0.819. The number of hydrogen-bond acceptors (Lipinski definition) is 4. The summed E-state index contributed by atoms with van der Waals surface area (Å²) in [6, 6.07) is 11.9. The zero-order valence-electron chi connectivity index (χ0n) is 11.1. The Balaban J connectivity index is 2.21. The fourth-order valence-corrected chi connectivity index (χ4v) is 1.72. The molecule has 5 nitrogen and oxygen atoms in total. The molecule has 0 aliphatic heterocycles. The molecule has 2 rings (SSSR count). The molecule has 1 amide bonds. The molecule has 20 heavy (non-hydrogen) atoms. The number of benzene rings is 2. The van der Waals surface area contributed by atoms with Crippen LogP contribution in [-0.4, -0.2) is 12.5 Å². The van der Waals surface area contributed by atoms with Crippen molar-refractivity contribution in [2.45, 2.75) is 6.92 Å². The van der Waals surface area contributed by atoms with Crippen LogP contribution >= 0.6 is 0 Å². The summed E-state index contributed by atoms with van der Waals surface area (Å²) < 4.78 is 11.1. The minimum Gasteiger partial charge on any atom is -0.494 e. The van der Waals surface area contributed by atoms with Crippen molar-refractivity contribution in [2.75, 3.05) is 12.3 Å². The fourth-order valence-electron chi connectivity index (χ4n) is 1.72. The van der Waals surface area contributed by atoms with Crippen molar-refractivity contribution in [1.82, 2.24) is 0 Å². The minimum absolute atomic E-state index is 0.345. The summed E-state index contributed by atoms with van der Waals surface area (Å²) in [6.07, 6.45) is 0. The first-order valence-electron chi connectivity index (χ1n) is 6.20. The first-order valence-corrected chi connectivity index (χ1v) is 6.20. The molecule has 0 bridgehead atoms. The topological polar surface area (TPSA) is 87.6 Å². The van der Waals surface area contributed by atoms with Crippen molar-refractivity contribution in [2.24, 2.45) is 5.73 Å². The second kappa shape index (κ2) is 5.97.